The molecule has 8 heteroatoms. The molecule has 1 atom stereocenters. The second kappa shape index (κ2) is 6.58. The molecule has 128 valence electrons. The van der Waals surface area contributed by atoms with Crippen LogP contribution in [0, 0.1) is 5.82 Å². The van der Waals surface area contributed by atoms with Gasteiger partial charge in [0.15, 0.2) is 17.3 Å². The number of nitrogens with zero attached hydrogens (tertiary/aromatic N) is 1. The smallest absolute Gasteiger partial charge is 0.245 e. The standard InChI is InChI=1S/C16H15ClFNO4S/c1-19(24(20,21)15-8-4-5-12(17)16(15)18)9-11-10-22-13-6-2-3-7-14(13)23-11/h2-8,11H,9-10H2,1H3. The lowest BCUT2D eigenvalue weighted by atomic mass is 10.2. The van der Waals surface area contributed by atoms with Gasteiger partial charge in [0.25, 0.3) is 0 Å². The second-order valence-corrected chi connectivity index (χ2v) is 7.76. The fraction of sp³-hybridized carbons (Fsp3) is 0.250. The van der Waals surface area contributed by atoms with Gasteiger partial charge in [-0.2, -0.15) is 4.31 Å². The molecule has 1 aliphatic rings. The maximum absolute atomic E-state index is 14.0. The van der Waals surface area contributed by atoms with E-state index in [2.05, 4.69) is 0 Å². The van der Waals surface area contributed by atoms with Crippen LogP contribution in [0.2, 0.25) is 5.02 Å². The molecular formula is C16H15ClFNO4S. The summed E-state index contributed by atoms with van der Waals surface area (Å²) < 4.78 is 51.5. The molecule has 1 aliphatic heterocycles. The van der Waals surface area contributed by atoms with Crippen molar-refractivity contribution in [1.29, 1.82) is 0 Å². The molecule has 3 rings (SSSR count). The highest BCUT2D eigenvalue weighted by Crippen LogP contribution is 2.31. The fourth-order valence-corrected chi connectivity index (χ4v) is 3.90. The van der Waals surface area contributed by atoms with E-state index in [9.17, 15) is 12.8 Å². The number of para-hydroxylation sites is 2. The number of halogens is 2. The van der Waals surface area contributed by atoms with Crippen molar-refractivity contribution in [2.75, 3.05) is 20.2 Å². The molecule has 0 aromatic heterocycles. The first-order valence-electron chi connectivity index (χ1n) is 7.18. The van der Waals surface area contributed by atoms with E-state index < -0.39 is 26.8 Å². The molecule has 0 N–H and O–H groups in total. The quantitative estimate of drug-likeness (QED) is 0.829. The number of ether oxygens (including phenoxy) is 2. The summed E-state index contributed by atoms with van der Waals surface area (Å²) in [6.45, 7) is 0.220. The van der Waals surface area contributed by atoms with Gasteiger partial charge in [-0.25, -0.2) is 12.8 Å². The monoisotopic (exact) mass is 371 g/mol. The third-order valence-corrected chi connectivity index (χ3v) is 5.77. The summed E-state index contributed by atoms with van der Waals surface area (Å²) in [5.41, 5.74) is 0. The molecular weight excluding hydrogens is 357 g/mol. The summed E-state index contributed by atoms with van der Waals surface area (Å²) in [4.78, 5) is -0.463. The Morgan fingerprint density at radius 2 is 1.92 bits per heavy atom. The van der Waals surface area contributed by atoms with E-state index in [4.69, 9.17) is 21.1 Å². The molecule has 0 saturated heterocycles. The van der Waals surface area contributed by atoms with E-state index in [1.165, 1.54) is 25.2 Å². The molecule has 1 heterocycles. The Morgan fingerprint density at radius 1 is 1.21 bits per heavy atom. The predicted molar refractivity (Wildman–Crippen MR) is 87.6 cm³/mol. The van der Waals surface area contributed by atoms with Crippen molar-refractivity contribution in [2.24, 2.45) is 0 Å². The number of rotatable bonds is 4. The van der Waals surface area contributed by atoms with Gasteiger partial charge >= 0.3 is 0 Å². The summed E-state index contributed by atoms with van der Waals surface area (Å²) >= 11 is 5.67. The van der Waals surface area contributed by atoms with Gasteiger partial charge in [-0.3, -0.25) is 0 Å². The first-order valence-corrected chi connectivity index (χ1v) is 9.00. The number of hydrogen-bond donors (Lipinski definition) is 0. The lowest BCUT2D eigenvalue weighted by Gasteiger charge is -2.29. The zero-order valence-corrected chi connectivity index (χ0v) is 14.3. The van der Waals surface area contributed by atoms with E-state index in [-0.39, 0.29) is 18.2 Å². The molecule has 0 radical (unpaired) electrons. The summed E-state index contributed by atoms with van der Waals surface area (Å²) in [5, 5.41) is -0.240. The number of hydrogen-bond acceptors (Lipinski definition) is 4. The molecule has 0 amide bonds. The van der Waals surface area contributed by atoms with Gasteiger partial charge < -0.3 is 9.47 Å². The minimum absolute atomic E-state index is 0.0165. The van der Waals surface area contributed by atoms with Crippen LogP contribution in [0.15, 0.2) is 47.4 Å². The van der Waals surface area contributed by atoms with E-state index >= 15 is 0 Å². The van der Waals surface area contributed by atoms with Crippen molar-refractivity contribution in [1.82, 2.24) is 4.31 Å². The normalized spacial score (nSPS) is 17.1. The summed E-state index contributed by atoms with van der Waals surface area (Å²) in [6, 6.07) is 11.0. The van der Waals surface area contributed by atoms with Gasteiger partial charge in [0.1, 0.15) is 17.6 Å². The van der Waals surface area contributed by atoms with Crippen LogP contribution in [0.4, 0.5) is 4.39 Å². The summed E-state index contributed by atoms with van der Waals surface area (Å²) in [5.74, 6) is 0.200. The average molecular weight is 372 g/mol. The Bertz CT molecular complexity index is 859. The molecule has 1 unspecified atom stereocenters. The maximum atomic E-state index is 14.0. The Labute approximate surface area is 144 Å². The summed E-state index contributed by atoms with van der Waals surface area (Å²) in [6.07, 6.45) is -0.498. The van der Waals surface area contributed by atoms with Crippen LogP contribution in [0.1, 0.15) is 0 Å². The molecule has 0 bridgehead atoms. The lowest BCUT2D eigenvalue weighted by Crippen LogP contribution is -2.41. The lowest BCUT2D eigenvalue weighted by molar-refractivity contribution is 0.0798. The van der Waals surface area contributed by atoms with Crippen LogP contribution in [-0.2, 0) is 10.0 Å². The fourth-order valence-electron chi connectivity index (χ4n) is 2.39. The van der Waals surface area contributed by atoms with Gasteiger partial charge in [-0.05, 0) is 24.3 Å². The molecule has 0 spiro atoms. The molecule has 2 aromatic carbocycles. The van der Waals surface area contributed by atoms with E-state index in [0.717, 1.165) is 4.31 Å². The number of benzene rings is 2. The zero-order chi connectivity index (χ0) is 17.3. The predicted octanol–water partition coefficient (Wildman–Crippen LogP) is 2.94. The van der Waals surface area contributed by atoms with Gasteiger partial charge in [0, 0.05) is 7.05 Å². The molecule has 0 saturated carbocycles. The van der Waals surface area contributed by atoms with Gasteiger partial charge in [0.2, 0.25) is 10.0 Å². The highest BCUT2D eigenvalue weighted by molar-refractivity contribution is 7.89. The van der Waals surface area contributed by atoms with Gasteiger partial charge in [0.05, 0.1) is 11.6 Å². The van der Waals surface area contributed by atoms with Crippen molar-refractivity contribution in [3.8, 4) is 11.5 Å². The van der Waals surface area contributed by atoms with Crippen LogP contribution < -0.4 is 9.47 Å². The minimum Gasteiger partial charge on any atom is -0.486 e. The Hall–Kier alpha value is -1.83. The SMILES string of the molecule is CN(CC1COc2ccccc2O1)S(=O)(=O)c1cccc(Cl)c1F. The van der Waals surface area contributed by atoms with Gasteiger partial charge in [-0.15, -0.1) is 0 Å². The van der Waals surface area contributed by atoms with Crippen LogP contribution in [-0.4, -0.2) is 39.0 Å². The third-order valence-electron chi connectivity index (χ3n) is 3.63. The molecule has 5 nitrogen and oxygen atoms in total. The molecule has 24 heavy (non-hydrogen) atoms. The van der Waals surface area contributed by atoms with Crippen molar-refractivity contribution in [2.45, 2.75) is 11.0 Å². The molecule has 0 aliphatic carbocycles. The molecule has 0 fully saturated rings. The number of sulfonamides is 1. The first-order chi connectivity index (χ1) is 11.4. The second-order valence-electron chi connectivity index (χ2n) is 5.34. The van der Waals surface area contributed by atoms with Crippen molar-refractivity contribution in [3.63, 3.8) is 0 Å². The highest BCUT2D eigenvalue weighted by atomic mass is 35.5. The van der Waals surface area contributed by atoms with Crippen LogP contribution in [0.25, 0.3) is 0 Å². The van der Waals surface area contributed by atoms with E-state index in [0.29, 0.717) is 11.5 Å². The van der Waals surface area contributed by atoms with Crippen molar-refractivity contribution < 1.29 is 22.3 Å². The van der Waals surface area contributed by atoms with E-state index in [1.54, 1.807) is 18.2 Å². The zero-order valence-electron chi connectivity index (χ0n) is 12.8. The van der Waals surface area contributed by atoms with Crippen molar-refractivity contribution >= 4 is 21.6 Å². The van der Waals surface area contributed by atoms with Gasteiger partial charge in [-0.1, -0.05) is 29.8 Å². The average Bonchev–Trinajstić information content (AvgIpc) is 2.57. The van der Waals surface area contributed by atoms with Crippen molar-refractivity contribution in [3.05, 3.63) is 53.3 Å². The van der Waals surface area contributed by atoms with Crippen LogP contribution in [0.3, 0.4) is 0 Å². The Balaban J connectivity index is 1.77. The number of likely N-dealkylation sites (N-methyl/N-ethyl adjacent to an activating group) is 1. The van der Waals surface area contributed by atoms with Crippen LogP contribution in [0.5, 0.6) is 11.5 Å². The van der Waals surface area contributed by atoms with E-state index in [1.807, 2.05) is 6.07 Å². The van der Waals surface area contributed by atoms with Crippen LogP contribution >= 0.6 is 11.6 Å². The highest BCUT2D eigenvalue weighted by Gasteiger charge is 2.30. The minimum atomic E-state index is -4.03. The Kier molecular flexibility index (Phi) is 4.67. The Morgan fingerprint density at radius 3 is 2.67 bits per heavy atom. The number of fused-ring (bicyclic) bond motifs is 1. The maximum Gasteiger partial charge on any atom is 0.245 e. The third kappa shape index (κ3) is 3.19. The first kappa shape index (κ1) is 17.0. The largest absolute Gasteiger partial charge is 0.486 e. The molecule has 2 aromatic rings. The summed E-state index contributed by atoms with van der Waals surface area (Å²) in [7, 11) is -2.67. The topological polar surface area (TPSA) is 55.8 Å².